The number of imidazole rings is 1. The van der Waals surface area contributed by atoms with E-state index in [1.807, 2.05) is 12.4 Å². The smallest absolute Gasteiger partial charge is 0.140 e. The number of rotatable bonds is 4. The first-order chi connectivity index (χ1) is 9.00. The fourth-order valence-corrected chi connectivity index (χ4v) is 2.19. The lowest BCUT2D eigenvalue weighted by atomic mass is 10.0. The standard InChI is InChI=1S/C16H23N3/c1-12(2)19-10-9-17-16(19)15-8-6-7-14(11-15)13(3)18(4)5/h6-13H,1-5H3/t13-/m0/s1. The minimum Gasteiger partial charge on any atom is -0.328 e. The molecule has 0 saturated carbocycles. The van der Waals surface area contributed by atoms with Gasteiger partial charge in [0.25, 0.3) is 0 Å². The van der Waals surface area contributed by atoms with Crippen LogP contribution in [0.25, 0.3) is 11.4 Å². The van der Waals surface area contributed by atoms with Gasteiger partial charge in [-0.15, -0.1) is 0 Å². The highest BCUT2D eigenvalue weighted by atomic mass is 15.1. The van der Waals surface area contributed by atoms with E-state index in [0.29, 0.717) is 12.1 Å². The van der Waals surface area contributed by atoms with E-state index < -0.39 is 0 Å². The molecule has 1 heterocycles. The van der Waals surface area contributed by atoms with Crippen LogP contribution in [-0.2, 0) is 0 Å². The van der Waals surface area contributed by atoms with Crippen molar-refractivity contribution >= 4 is 0 Å². The van der Waals surface area contributed by atoms with Gasteiger partial charge in [-0.05, 0) is 46.5 Å². The molecule has 0 unspecified atom stereocenters. The van der Waals surface area contributed by atoms with Crippen molar-refractivity contribution in [1.82, 2.24) is 14.5 Å². The third kappa shape index (κ3) is 2.87. The zero-order valence-electron chi connectivity index (χ0n) is 12.5. The Morgan fingerprint density at radius 2 is 1.89 bits per heavy atom. The number of nitrogens with zero attached hydrogens (tertiary/aromatic N) is 3. The van der Waals surface area contributed by atoms with Crippen LogP contribution in [-0.4, -0.2) is 28.5 Å². The van der Waals surface area contributed by atoms with Gasteiger partial charge in [0.2, 0.25) is 0 Å². The molecule has 3 nitrogen and oxygen atoms in total. The molecule has 1 atom stereocenters. The highest BCUT2D eigenvalue weighted by molar-refractivity contribution is 5.57. The summed E-state index contributed by atoms with van der Waals surface area (Å²) in [5, 5.41) is 0. The second-order valence-corrected chi connectivity index (χ2v) is 5.52. The fraction of sp³-hybridized carbons (Fsp3) is 0.438. The summed E-state index contributed by atoms with van der Waals surface area (Å²) in [6.07, 6.45) is 3.92. The van der Waals surface area contributed by atoms with Crippen LogP contribution in [0.4, 0.5) is 0 Å². The number of hydrogen-bond acceptors (Lipinski definition) is 2. The van der Waals surface area contributed by atoms with Gasteiger partial charge >= 0.3 is 0 Å². The van der Waals surface area contributed by atoms with Gasteiger partial charge in [-0.3, -0.25) is 0 Å². The summed E-state index contributed by atoms with van der Waals surface area (Å²) < 4.78 is 2.21. The predicted octanol–water partition coefficient (Wildman–Crippen LogP) is 3.75. The Bertz CT molecular complexity index is 540. The minimum atomic E-state index is 0.405. The SMILES string of the molecule is CC(C)n1ccnc1-c1cccc([C@H](C)N(C)C)c1. The van der Waals surface area contributed by atoms with Gasteiger partial charge in [-0.1, -0.05) is 18.2 Å². The van der Waals surface area contributed by atoms with Gasteiger partial charge in [0.1, 0.15) is 5.82 Å². The third-order valence-corrected chi connectivity index (χ3v) is 3.63. The lowest BCUT2D eigenvalue weighted by Crippen LogP contribution is -2.16. The van der Waals surface area contributed by atoms with Gasteiger partial charge in [0.15, 0.2) is 0 Å². The zero-order chi connectivity index (χ0) is 14.0. The molecule has 0 N–H and O–H groups in total. The molecule has 3 heteroatoms. The molecule has 1 aromatic heterocycles. The van der Waals surface area contributed by atoms with Crippen LogP contribution in [0.5, 0.6) is 0 Å². The summed E-state index contributed by atoms with van der Waals surface area (Å²) >= 11 is 0. The largest absolute Gasteiger partial charge is 0.328 e. The van der Waals surface area contributed by atoms with Crippen LogP contribution in [0.15, 0.2) is 36.7 Å². The van der Waals surface area contributed by atoms with Crippen LogP contribution in [0.2, 0.25) is 0 Å². The van der Waals surface area contributed by atoms with Gasteiger partial charge in [0.05, 0.1) is 0 Å². The fourth-order valence-electron chi connectivity index (χ4n) is 2.19. The number of aromatic nitrogens is 2. The summed E-state index contributed by atoms with van der Waals surface area (Å²) in [4.78, 5) is 6.72. The highest BCUT2D eigenvalue weighted by Crippen LogP contribution is 2.25. The third-order valence-electron chi connectivity index (χ3n) is 3.63. The Morgan fingerprint density at radius 1 is 1.16 bits per heavy atom. The Kier molecular flexibility index (Phi) is 4.05. The van der Waals surface area contributed by atoms with Crippen molar-refractivity contribution < 1.29 is 0 Å². The van der Waals surface area contributed by atoms with Gasteiger partial charge < -0.3 is 9.47 Å². The van der Waals surface area contributed by atoms with Crippen molar-refractivity contribution in [3.05, 3.63) is 42.2 Å². The zero-order valence-corrected chi connectivity index (χ0v) is 12.5. The van der Waals surface area contributed by atoms with Gasteiger partial charge in [-0.25, -0.2) is 4.98 Å². The molecule has 102 valence electrons. The first kappa shape index (κ1) is 13.8. The molecule has 2 rings (SSSR count). The van der Waals surface area contributed by atoms with Crippen molar-refractivity contribution in [2.75, 3.05) is 14.1 Å². The van der Waals surface area contributed by atoms with Crippen molar-refractivity contribution in [3.8, 4) is 11.4 Å². The van der Waals surface area contributed by atoms with Crippen LogP contribution >= 0.6 is 0 Å². The van der Waals surface area contributed by atoms with E-state index in [2.05, 4.69) is 73.6 Å². The summed E-state index contributed by atoms with van der Waals surface area (Å²) in [5.74, 6) is 1.04. The molecule has 0 aliphatic carbocycles. The summed E-state index contributed by atoms with van der Waals surface area (Å²) in [6.45, 7) is 6.57. The average molecular weight is 257 g/mol. The summed E-state index contributed by atoms with van der Waals surface area (Å²) in [7, 11) is 4.21. The lowest BCUT2D eigenvalue weighted by molar-refractivity contribution is 0.321. The van der Waals surface area contributed by atoms with Crippen molar-refractivity contribution in [1.29, 1.82) is 0 Å². The molecule has 0 bridgehead atoms. The maximum atomic E-state index is 4.50. The van der Waals surface area contributed by atoms with E-state index in [1.165, 1.54) is 11.1 Å². The second-order valence-electron chi connectivity index (χ2n) is 5.52. The van der Waals surface area contributed by atoms with E-state index in [9.17, 15) is 0 Å². The van der Waals surface area contributed by atoms with E-state index in [-0.39, 0.29) is 0 Å². The molecule has 2 aromatic rings. The lowest BCUT2D eigenvalue weighted by Gasteiger charge is -2.21. The van der Waals surface area contributed by atoms with Crippen LogP contribution < -0.4 is 0 Å². The normalized spacial score (nSPS) is 13.2. The van der Waals surface area contributed by atoms with E-state index in [4.69, 9.17) is 0 Å². The Morgan fingerprint density at radius 3 is 2.53 bits per heavy atom. The van der Waals surface area contributed by atoms with Crippen molar-refractivity contribution in [2.45, 2.75) is 32.9 Å². The van der Waals surface area contributed by atoms with Gasteiger partial charge in [-0.2, -0.15) is 0 Å². The monoisotopic (exact) mass is 257 g/mol. The maximum absolute atomic E-state index is 4.50. The molecule has 0 saturated heterocycles. The first-order valence-corrected chi connectivity index (χ1v) is 6.80. The van der Waals surface area contributed by atoms with Crippen LogP contribution in [0.1, 0.15) is 38.4 Å². The van der Waals surface area contributed by atoms with E-state index >= 15 is 0 Å². The highest BCUT2D eigenvalue weighted by Gasteiger charge is 2.12. The second kappa shape index (κ2) is 5.57. The van der Waals surface area contributed by atoms with Gasteiger partial charge in [0, 0.05) is 30.0 Å². The van der Waals surface area contributed by atoms with Crippen molar-refractivity contribution in [3.63, 3.8) is 0 Å². The predicted molar refractivity (Wildman–Crippen MR) is 80.2 cm³/mol. The molecule has 0 amide bonds. The van der Waals surface area contributed by atoms with Crippen LogP contribution in [0.3, 0.4) is 0 Å². The molecule has 0 aliphatic rings. The molecular formula is C16H23N3. The van der Waals surface area contributed by atoms with E-state index in [1.54, 1.807) is 0 Å². The molecule has 0 aliphatic heterocycles. The number of hydrogen-bond donors (Lipinski definition) is 0. The number of benzene rings is 1. The Labute approximate surface area is 115 Å². The summed E-state index contributed by atoms with van der Waals surface area (Å²) in [6, 6.07) is 9.50. The molecule has 1 aromatic carbocycles. The van der Waals surface area contributed by atoms with Crippen molar-refractivity contribution in [2.24, 2.45) is 0 Å². The maximum Gasteiger partial charge on any atom is 0.140 e. The minimum absolute atomic E-state index is 0.405. The average Bonchev–Trinajstić information content (AvgIpc) is 2.87. The first-order valence-electron chi connectivity index (χ1n) is 6.80. The quantitative estimate of drug-likeness (QED) is 0.831. The molecule has 0 spiro atoms. The molecule has 0 radical (unpaired) electrons. The Hall–Kier alpha value is -1.61. The molecular weight excluding hydrogens is 234 g/mol. The molecule has 0 fully saturated rings. The molecule has 19 heavy (non-hydrogen) atoms. The summed E-state index contributed by atoms with van der Waals surface area (Å²) in [5.41, 5.74) is 2.51. The topological polar surface area (TPSA) is 21.1 Å². The Balaban J connectivity index is 2.41. The van der Waals surface area contributed by atoms with Crippen LogP contribution in [0, 0.1) is 0 Å². The van der Waals surface area contributed by atoms with E-state index in [0.717, 1.165) is 5.82 Å².